The first-order valence-electron chi connectivity index (χ1n) is 7.41. The fraction of sp³-hybridized carbons (Fsp3) is 0.294. The number of rotatable bonds is 4. The summed E-state index contributed by atoms with van der Waals surface area (Å²) in [5.41, 5.74) is 1.01. The van der Waals surface area contributed by atoms with Gasteiger partial charge in [-0.2, -0.15) is 0 Å². The van der Waals surface area contributed by atoms with Crippen LogP contribution in [0.5, 0.6) is 5.75 Å². The minimum Gasteiger partial charge on any atom is -0.487 e. The zero-order chi connectivity index (χ0) is 16.2. The van der Waals surface area contributed by atoms with Crippen molar-refractivity contribution >= 4 is 37.8 Å². The molecule has 23 heavy (non-hydrogen) atoms. The predicted octanol–water partition coefficient (Wildman–Crippen LogP) is 3.83. The molecule has 6 heteroatoms. The molecule has 0 spiro atoms. The number of carbonyl (C=O) groups is 1. The summed E-state index contributed by atoms with van der Waals surface area (Å²) in [4.78, 5) is 18.4. The summed E-state index contributed by atoms with van der Waals surface area (Å²) in [7, 11) is 0. The smallest absolute Gasteiger partial charge is 0.227 e. The van der Waals surface area contributed by atoms with E-state index in [0.717, 1.165) is 33.2 Å². The van der Waals surface area contributed by atoms with Gasteiger partial charge in [-0.05, 0) is 33.6 Å². The number of likely N-dealkylation sites (tertiary alicyclic amines) is 1. The molecule has 1 aromatic carbocycles. The molecule has 0 radical (unpaired) electrons. The Kier molecular flexibility index (Phi) is 5.33. The van der Waals surface area contributed by atoms with Crippen molar-refractivity contribution < 1.29 is 9.53 Å². The van der Waals surface area contributed by atoms with E-state index < -0.39 is 0 Å². The number of halogens is 2. The number of carbonyl (C=O) groups excluding carboxylic acids is 1. The summed E-state index contributed by atoms with van der Waals surface area (Å²) in [5.74, 6) is 0.905. The van der Waals surface area contributed by atoms with Crippen molar-refractivity contribution in [1.29, 1.82) is 0 Å². The maximum Gasteiger partial charge on any atom is 0.227 e. The molecule has 0 aliphatic carbocycles. The number of pyridine rings is 1. The van der Waals surface area contributed by atoms with Gasteiger partial charge in [0.15, 0.2) is 0 Å². The van der Waals surface area contributed by atoms with Crippen molar-refractivity contribution in [2.45, 2.75) is 18.9 Å². The molecular formula is C17H16Br2N2O2. The van der Waals surface area contributed by atoms with Crippen LogP contribution in [-0.2, 0) is 11.2 Å². The number of ether oxygens (including phenoxy) is 1. The molecule has 4 nitrogen and oxygen atoms in total. The second-order valence-corrected chi connectivity index (χ2v) is 7.15. The van der Waals surface area contributed by atoms with Crippen LogP contribution in [0, 0.1) is 0 Å². The highest BCUT2D eigenvalue weighted by Gasteiger charge is 2.28. The van der Waals surface area contributed by atoms with E-state index >= 15 is 0 Å². The highest BCUT2D eigenvalue weighted by Crippen LogP contribution is 2.26. The van der Waals surface area contributed by atoms with Crippen molar-refractivity contribution in [1.82, 2.24) is 9.88 Å². The predicted molar refractivity (Wildman–Crippen MR) is 95.4 cm³/mol. The Balaban J connectivity index is 1.58. The van der Waals surface area contributed by atoms with E-state index in [1.165, 1.54) is 0 Å². The highest BCUT2D eigenvalue weighted by atomic mass is 79.9. The molecule has 1 unspecified atom stereocenters. The molecule has 120 valence electrons. The van der Waals surface area contributed by atoms with Crippen LogP contribution >= 0.6 is 31.9 Å². The lowest BCUT2D eigenvalue weighted by molar-refractivity contribution is -0.129. The monoisotopic (exact) mass is 438 g/mol. The van der Waals surface area contributed by atoms with Gasteiger partial charge in [0.05, 0.1) is 17.4 Å². The Morgan fingerprint density at radius 1 is 1.26 bits per heavy atom. The minimum atomic E-state index is 0.0249. The molecule has 1 saturated heterocycles. The van der Waals surface area contributed by atoms with E-state index in [1.54, 1.807) is 12.4 Å². The Bertz CT molecular complexity index is 708. The summed E-state index contributed by atoms with van der Waals surface area (Å²) in [6, 6.07) is 9.66. The van der Waals surface area contributed by atoms with Gasteiger partial charge in [-0.3, -0.25) is 9.78 Å². The number of aromatic nitrogens is 1. The third-order valence-electron chi connectivity index (χ3n) is 3.83. The quantitative estimate of drug-likeness (QED) is 0.726. The number of benzene rings is 1. The lowest BCUT2D eigenvalue weighted by atomic mass is 10.1. The van der Waals surface area contributed by atoms with Gasteiger partial charge in [-0.1, -0.05) is 34.1 Å². The van der Waals surface area contributed by atoms with Crippen LogP contribution in [0.2, 0.25) is 0 Å². The van der Waals surface area contributed by atoms with E-state index in [2.05, 4.69) is 36.8 Å². The highest BCUT2D eigenvalue weighted by molar-refractivity contribution is 9.10. The van der Waals surface area contributed by atoms with Gasteiger partial charge in [0.1, 0.15) is 11.9 Å². The van der Waals surface area contributed by atoms with Crippen LogP contribution in [0.25, 0.3) is 0 Å². The maximum atomic E-state index is 12.5. The van der Waals surface area contributed by atoms with Gasteiger partial charge in [0, 0.05) is 29.8 Å². The first-order chi connectivity index (χ1) is 11.1. The van der Waals surface area contributed by atoms with E-state index in [4.69, 9.17) is 4.74 Å². The first-order valence-corrected chi connectivity index (χ1v) is 8.99. The molecule has 1 aliphatic rings. The molecule has 0 bridgehead atoms. The zero-order valence-corrected chi connectivity index (χ0v) is 15.6. The van der Waals surface area contributed by atoms with Gasteiger partial charge in [0.2, 0.25) is 5.91 Å². The van der Waals surface area contributed by atoms with E-state index in [9.17, 15) is 4.79 Å². The summed E-state index contributed by atoms with van der Waals surface area (Å²) in [6.07, 6.45) is 4.69. The Morgan fingerprint density at radius 2 is 2.09 bits per heavy atom. The molecule has 0 saturated carbocycles. The second-order valence-electron chi connectivity index (χ2n) is 5.44. The van der Waals surface area contributed by atoms with Crippen LogP contribution in [0.4, 0.5) is 0 Å². The van der Waals surface area contributed by atoms with Crippen molar-refractivity contribution in [3.63, 3.8) is 0 Å². The molecule has 1 aliphatic heterocycles. The lowest BCUT2D eigenvalue weighted by Crippen LogP contribution is -2.32. The topological polar surface area (TPSA) is 42.4 Å². The van der Waals surface area contributed by atoms with Crippen LogP contribution in [-0.4, -0.2) is 35.0 Å². The van der Waals surface area contributed by atoms with Crippen molar-refractivity contribution in [2.24, 2.45) is 0 Å². The van der Waals surface area contributed by atoms with E-state index in [0.29, 0.717) is 13.0 Å². The Labute approximate surface area is 152 Å². The Hall–Kier alpha value is -1.40. The van der Waals surface area contributed by atoms with Gasteiger partial charge in [-0.25, -0.2) is 0 Å². The fourth-order valence-electron chi connectivity index (χ4n) is 2.60. The fourth-order valence-corrected chi connectivity index (χ4v) is 3.37. The summed E-state index contributed by atoms with van der Waals surface area (Å²) in [5, 5.41) is 0. The average Bonchev–Trinajstić information content (AvgIpc) is 3.01. The third kappa shape index (κ3) is 4.12. The molecular weight excluding hydrogens is 424 g/mol. The molecule has 1 aromatic heterocycles. The van der Waals surface area contributed by atoms with Gasteiger partial charge in [0.25, 0.3) is 0 Å². The van der Waals surface area contributed by atoms with Crippen molar-refractivity contribution in [3.8, 4) is 5.75 Å². The SMILES string of the molecule is O=C(Cc1ccccc1Br)N1CCC(Oc2ccncc2Br)C1. The maximum absolute atomic E-state index is 12.5. The van der Waals surface area contributed by atoms with Crippen LogP contribution in [0.15, 0.2) is 51.7 Å². The molecule has 3 rings (SSSR count). The number of hydrogen-bond acceptors (Lipinski definition) is 3. The number of amides is 1. The van der Waals surface area contributed by atoms with Gasteiger partial charge < -0.3 is 9.64 Å². The van der Waals surface area contributed by atoms with Crippen molar-refractivity contribution in [3.05, 3.63) is 57.2 Å². The molecule has 2 heterocycles. The molecule has 0 N–H and O–H groups in total. The molecule has 1 atom stereocenters. The standard InChI is InChI=1S/C17H16Br2N2O2/c18-14-4-2-1-3-12(14)9-17(22)21-8-6-13(11-21)23-16-5-7-20-10-15(16)19/h1-5,7,10,13H,6,8-9,11H2. The average molecular weight is 440 g/mol. The number of hydrogen-bond donors (Lipinski definition) is 0. The normalized spacial score (nSPS) is 17.3. The Morgan fingerprint density at radius 3 is 2.87 bits per heavy atom. The van der Waals surface area contributed by atoms with E-state index in [1.807, 2.05) is 35.2 Å². The van der Waals surface area contributed by atoms with E-state index in [-0.39, 0.29) is 12.0 Å². The lowest BCUT2D eigenvalue weighted by Gasteiger charge is -2.18. The first kappa shape index (κ1) is 16.5. The molecule has 2 aromatic rings. The molecule has 1 fully saturated rings. The molecule has 1 amide bonds. The summed E-state index contributed by atoms with van der Waals surface area (Å²) < 4.78 is 7.78. The van der Waals surface area contributed by atoms with Gasteiger partial charge in [-0.15, -0.1) is 0 Å². The largest absolute Gasteiger partial charge is 0.487 e. The summed E-state index contributed by atoms with van der Waals surface area (Å²) in [6.45, 7) is 1.36. The van der Waals surface area contributed by atoms with Crippen LogP contribution < -0.4 is 4.74 Å². The second kappa shape index (κ2) is 7.45. The number of nitrogens with zero attached hydrogens (tertiary/aromatic N) is 2. The zero-order valence-electron chi connectivity index (χ0n) is 12.4. The summed E-state index contributed by atoms with van der Waals surface area (Å²) >= 11 is 6.92. The van der Waals surface area contributed by atoms with Crippen LogP contribution in [0.3, 0.4) is 0 Å². The van der Waals surface area contributed by atoms with Crippen LogP contribution in [0.1, 0.15) is 12.0 Å². The van der Waals surface area contributed by atoms with Gasteiger partial charge >= 0.3 is 0 Å². The minimum absolute atomic E-state index is 0.0249. The third-order valence-corrected chi connectivity index (χ3v) is 5.20. The van der Waals surface area contributed by atoms with Crippen molar-refractivity contribution in [2.75, 3.05) is 13.1 Å².